The van der Waals surface area contributed by atoms with Crippen molar-refractivity contribution < 1.29 is 9.47 Å². The first-order valence-electron chi connectivity index (χ1n) is 7.14. The molecule has 1 aliphatic heterocycles. The molecule has 0 saturated carbocycles. The number of hydrogen-bond acceptors (Lipinski definition) is 3. The normalized spacial score (nSPS) is 19.0. The van der Waals surface area contributed by atoms with Gasteiger partial charge in [0.05, 0.1) is 17.6 Å². The van der Waals surface area contributed by atoms with Crippen LogP contribution in [0.25, 0.3) is 11.0 Å². The van der Waals surface area contributed by atoms with Gasteiger partial charge in [0.15, 0.2) is 0 Å². The van der Waals surface area contributed by atoms with Crippen molar-refractivity contribution in [2.24, 2.45) is 0 Å². The van der Waals surface area contributed by atoms with Crippen LogP contribution in [0.5, 0.6) is 0 Å². The quantitative estimate of drug-likeness (QED) is 0.791. The summed E-state index contributed by atoms with van der Waals surface area (Å²) in [5.74, 6) is 1.000. The van der Waals surface area contributed by atoms with E-state index < -0.39 is 0 Å². The number of nitrogens with zero attached hydrogens (tertiary/aromatic N) is 2. The van der Waals surface area contributed by atoms with E-state index in [4.69, 9.17) is 26.1 Å². The van der Waals surface area contributed by atoms with Gasteiger partial charge in [0.1, 0.15) is 11.9 Å². The zero-order valence-corrected chi connectivity index (χ0v) is 12.4. The maximum absolute atomic E-state index is 6.12. The van der Waals surface area contributed by atoms with E-state index in [-0.39, 0.29) is 6.10 Å². The average Bonchev–Trinajstić information content (AvgIpc) is 3.07. The molecule has 108 valence electrons. The topological polar surface area (TPSA) is 36.3 Å². The van der Waals surface area contributed by atoms with Crippen LogP contribution in [0.2, 0.25) is 5.02 Å². The van der Waals surface area contributed by atoms with E-state index in [0.717, 1.165) is 54.5 Å². The molecule has 5 heteroatoms. The maximum Gasteiger partial charge on any atom is 0.139 e. The van der Waals surface area contributed by atoms with Gasteiger partial charge in [-0.2, -0.15) is 0 Å². The SMILES string of the molecule is CCOCCn1c(C2CCCO2)nc2ccc(Cl)cc21. The number of fused-ring (bicyclic) bond motifs is 1. The number of aromatic nitrogens is 2. The number of halogens is 1. The standard InChI is InChI=1S/C15H19ClN2O2/c1-2-19-9-7-18-13-10-11(16)5-6-12(13)17-15(18)14-4-3-8-20-14/h5-6,10,14H,2-4,7-9H2,1H3. The van der Waals surface area contributed by atoms with E-state index in [0.29, 0.717) is 6.61 Å². The highest BCUT2D eigenvalue weighted by atomic mass is 35.5. The maximum atomic E-state index is 6.12. The Hall–Kier alpha value is -1.10. The molecule has 0 bridgehead atoms. The van der Waals surface area contributed by atoms with Crippen LogP contribution in [0.1, 0.15) is 31.7 Å². The Morgan fingerprint density at radius 3 is 3.15 bits per heavy atom. The van der Waals surface area contributed by atoms with Gasteiger partial charge in [-0.15, -0.1) is 0 Å². The molecule has 0 amide bonds. The minimum Gasteiger partial charge on any atom is -0.380 e. The first-order chi connectivity index (χ1) is 9.79. The Balaban J connectivity index is 1.99. The van der Waals surface area contributed by atoms with E-state index in [1.165, 1.54) is 0 Å². The first-order valence-corrected chi connectivity index (χ1v) is 7.52. The van der Waals surface area contributed by atoms with Gasteiger partial charge in [-0.1, -0.05) is 11.6 Å². The summed E-state index contributed by atoms with van der Waals surface area (Å²) in [5, 5.41) is 0.731. The van der Waals surface area contributed by atoms with Crippen molar-refractivity contribution in [1.82, 2.24) is 9.55 Å². The average molecular weight is 295 g/mol. The molecular formula is C15H19ClN2O2. The predicted octanol–water partition coefficient (Wildman–Crippen LogP) is 3.58. The predicted molar refractivity (Wildman–Crippen MR) is 79.2 cm³/mol. The van der Waals surface area contributed by atoms with Crippen LogP contribution < -0.4 is 0 Å². The van der Waals surface area contributed by atoms with E-state index in [1.807, 2.05) is 25.1 Å². The van der Waals surface area contributed by atoms with Gasteiger partial charge in [-0.05, 0) is 38.0 Å². The van der Waals surface area contributed by atoms with Crippen LogP contribution in [-0.4, -0.2) is 29.4 Å². The molecule has 0 aliphatic carbocycles. The van der Waals surface area contributed by atoms with Gasteiger partial charge < -0.3 is 14.0 Å². The molecule has 0 spiro atoms. The van der Waals surface area contributed by atoms with Crippen molar-refractivity contribution in [2.75, 3.05) is 19.8 Å². The van der Waals surface area contributed by atoms with Crippen LogP contribution in [0.3, 0.4) is 0 Å². The lowest BCUT2D eigenvalue weighted by molar-refractivity contribution is 0.0977. The molecule has 1 aromatic carbocycles. The van der Waals surface area contributed by atoms with Crippen LogP contribution in [0.4, 0.5) is 0 Å². The second-order valence-electron chi connectivity index (χ2n) is 4.95. The Kier molecular flexibility index (Phi) is 4.24. The fourth-order valence-electron chi connectivity index (χ4n) is 2.68. The molecule has 1 saturated heterocycles. The Labute approximate surface area is 123 Å². The molecule has 4 nitrogen and oxygen atoms in total. The Bertz CT molecular complexity index is 591. The Morgan fingerprint density at radius 2 is 2.40 bits per heavy atom. The van der Waals surface area contributed by atoms with Crippen molar-refractivity contribution in [1.29, 1.82) is 0 Å². The fraction of sp³-hybridized carbons (Fsp3) is 0.533. The fourth-order valence-corrected chi connectivity index (χ4v) is 2.84. The molecule has 1 unspecified atom stereocenters. The van der Waals surface area contributed by atoms with Gasteiger partial charge in [0.2, 0.25) is 0 Å². The third-order valence-electron chi connectivity index (χ3n) is 3.62. The number of imidazole rings is 1. The first kappa shape index (κ1) is 13.9. The van der Waals surface area contributed by atoms with Crippen LogP contribution in [0, 0.1) is 0 Å². The van der Waals surface area contributed by atoms with Crippen molar-refractivity contribution in [2.45, 2.75) is 32.4 Å². The summed E-state index contributed by atoms with van der Waals surface area (Å²) in [5.41, 5.74) is 2.03. The minimum absolute atomic E-state index is 0.0998. The van der Waals surface area contributed by atoms with Crippen molar-refractivity contribution in [3.63, 3.8) is 0 Å². The molecular weight excluding hydrogens is 276 g/mol. The summed E-state index contributed by atoms with van der Waals surface area (Å²) in [4.78, 5) is 4.74. The van der Waals surface area contributed by atoms with Gasteiger partial charge >= 0.3 is 0 Å². The highest BCUT2D eigenvalue weighted by Gasteiger charge is 2.24. The summed E-state index contributed by atoms with van der Waals surface area (Å²) in [6.07, 6.45) is 2.23. The highest BCUT2D eigenvalue weighted by Crippen LogP contribution is 2.31. The summed E-state index contributed by atoms with van der Waals surface area (Å²) in [7, 11) is 0. The second kappa shape index (κ2) is 6.12. The zero-order valence-electron chi connectivity index (χ0n) is 11.6. The molecule has 0 N–H and O–H groups in total. The van der Waals surface area contributed by atoms with E-state index in [1.54, 1.807) is 0 Å². The number of ether oxygens (including phenoxy) is 2. The lowest BCUT2D eigenvalue weighted by atomic mass is 10.2. The molecule has 3 rings (SSSR count). The van der Waals surface area contributed by atoms with E-state index in [2.05, 4.69) is 4.57 Å². The van der Waals surface area contributed by atoms with Crippen molar-refractivity contribution >= 4 is 22.6 Å². The number of benzene rings is 1. The van der Waals surface area contributed by atoms with E-state index >= 15 is 0 Å². The van der Waals surface area contributed by atoms with Gasteiger partial charge in [-0.3, -0.25) is 0 Å². The summed E-state index contributed by atoms with van der Waals surface area (Å²) < 4.78 is 13.5. The lowest BCUT2D eigenvalue weighted by Crippen LogP contribution is -2.12. The van der Waals surface area contributed by atoms with Crippen LogP contribution >= 0.6 is 11.6 Å². The highest BCUT2D eigenvalue weighted by molar-refractivity contribution is 6.31. The van der Waals surface area contributed by atoms with Gasteiger partial charge in [-0.25, -0.2) is 4.98 Å². The summed E-state index contributed by atoms with van der Waals surface area (Å²) in [6.45, 7) is 5.00. The Morgan fingerprint density at radius 1 is 1.50 bits per heavy atom. The largest absolute Gasteiger partial charge is 0.380 e. The third kappa shape index (κ3) is 2.68. The number of rotatable bonds is 5. The molecule has 1 aromatic heterocycles. The second-order valence-corrected chi connectivity index (χ2v) is 5.39. The molecule has 20 heavy (non-hydrogen) atoms. The molecule has 2 aromatic rings. The lowest BCUT2D eigenvalue weighted by Gasteiger charge is -2.13. The third-order valence-corrected chi connectivity index (χ3v) is 3.86. The molecule has 1 aliphatic rings. The molecule has 1 fully saturated rings. The number of hydrogen-bond donors (Lipinski definition) is 0. The summed E-state index contributed by atoms with van der Waals surface area (Å²) in [6, 6.07) is 5.81. The molecule has 0 radical (unpaired) electrons. The van der Waals surface area contributed by atoms with Crippen molar-refractivity contribution in [3.05, 3.63) is 29.0 Å². The van der Waals surface area contributed by atoms with Crippen LogP contribution in [-0.2, 0) is 16.0 Å². The zero-order chi connectivity index (χ0) is 13.9. The minimum atomic E-state index is 0.0998. The van der Waals surface area contributed by atoms with E-state index in [9.17, 15) is 0 Å². The van der Waals surface area contributed by atoms with Crippen LogP contribution in [0.15, 0.2) is 18.2 Å². The van der Waals surface area contributed by atoms with Gasteiger partial charge in [0.25, 0.3) is 0 Å². The summed E-state index contributed by atoms with van der Waals surface area (Å²) >= 11 is 6.12. The molecule has 1 atom stereocenters. The molecule has 2 heterocycles. The smallest absolute Gasteiger partial charge is 0.139 e. The van der Waals surface area contributed by atoms with Gasteiger partial charge in [0, 0.05) is 24.8 Å². The van der Waals surface area contributed by atoms with Crippen molar-refractivity contribution in [3.8, 4) is 0 Å². The monoisotopic (exact) mass is 294 g/mol.